The minimum Gasteiger partial charge on any atom is -0.437 e. The third-order valence-electron chi connectivity index (χ3n) is 9.57. The number of fused-ring (bicyclic) bond motifs is 3. The van der Waals surface area contributed by atoms with Crippen molar-refractivity contribution in [2.75, 3.05) is 18.4 Å². The number of hydrogen-bond donors (Lipinski definition) is 2. The van der Waals surface area contributed by atoms with E-state index in [1.54, 1.807) is 17.2 Å². The molecule has 3 aliphatic heterocycles. The van der Waals surface area contributed by atoms with Gasteiger partial charge in [-0.05, 0) is 49.4 Å². The maximum absolute atomic E-state index is 14.9. The molecule has 0 bridgehead atoms. The summed E-state index contributed by atoms with van der Waals surface area (Å²) in [5.74, 6) is -2.03. The Kier molecular flexibility index (Phi) is 6.59. The summed E-state index contributed by atoms with van der Waals surface area (Å²) < 4.78 is 78.9. The molecule has 2 N–H and O–H groups in total. The van der Waals surface area contributed by atoms with E-state index in [2.05, 4.69) is 20.6 Å². The van der Waals surface area contributed by atoms with Crippen molar-refractivity contribution in [2.45, 2.75) is 74.2 Å². The van der Waals surface area contributed by atoms with E-state index >= 15 is 0 Å². The van der Waals surface area contributed by atoms with Crippen molar-refractivity contribution < 1.29 is 36.3 Å². The van der Waals surface area contributed by atoms with Crippen molar-refractivity contribution in [1.82, 2.24) is 24.8 Å². The highest BCUT2D eigenvalue weighted by molar-refractivity contribution is 5.87. The number of aromatic nitrogens is 3. The smallest absolute Gasteiger partial charge is 0.413 e. The van der Waals surface area contributed by atoms with Crippen LogP contribution < -0.4 is 10.6 Å². The molecule has 4 aliphatic rings. The van der Waals surface area contributed by atoms with Crippen molar-refractivity contribution in [3.63, 3.8) is 0 Å². The number of amides is 3. The van der Waals surface area contributed by atoms with Crippen LogP contribution in [-0.2, 0) is 22.3 Å². The average Bonchev–Trinajstić information content (AvgIpc) is 3.74. The van der Waals surface area contributed by atoms with Crippen LogP contribution in [0.3, 0.4) is 0 Å². The Balaban J connectivity index is 1.14. The monoisotopic (exact) mass is 616 g/mol. The van der Waals surface area contributed by atoms with Crippen LogP contribution in [0.25, 0.3) is 0 Å². The molecule has 232 valence electrons. The third kappa shape index (κ3) is 4.56. The summed E-state index contributed by atoms with van der Waals surface area (Å²) in [4.78, 5) is 36.0. The summed E-state index contributed by atoms with van der Waals surface area (Å²) in [5.41, 5.74) is -2.21. The van der Waals surface area contributed by atoms with E-state index in [0.29, 0.717) is 18.7 Å². The summed E-state index contributed by atoms with van der Waals surface area (Å²) >= 11 is 0. The molecule has 3 aromatic rings. The van der Waals surface area contributed by atoms with Gasteiger partial charge in [0.2, 0.25) is 0 Å². The number of hydrogen-bond acceptors (Lipinski definition) is 5. The first-order valence-corrected chi connectivity index (χ1v) is 14.6. The van der Waals surface area contributed by atoms with E-state index in [9.17, 15) is 31.5 Å². The number of carbonyl (C=O) groups excluding carboxylic acids is 2. The molecular formula is C30H29F5N6O3. The van der Waals surface area contributed by atoms with Crippen LogP contribution in [-0.4, -0.2) is 50.8 Å². The first-order chi connectivity index (χ1) is 21.0. The molecule has 14 heteroatoms. The van der Waals surface area contributed by atoms with Gasteiger partial charge >= 0.3 is 18.3 Å². The number of rotatable bonds is 3. The quantitative estimate of drug-likeness (QED) is 0.350. The number of imidazole rings is 1. The number of ether oxygens (including phenoxy) is 1. The topological polar surface area (TPSA) is 101 Å². The molecule has 0 unspecified atom stereocenters. The van der Waals surface area contributed by atoms with E-state index in [-0.39, 0.29) is 62.4 Å². The summed E-state index contributed by atoms with van der Waals surface area (Å²) in [6, 6.07) is 6.18. The molecule has 1 saturated heterocycles. The first-order valence-electron chi connectivity index (χ1n) is 14.6. The highest BCUT2D eigenvalue weighted by Crippen LogP contribution is 2.59. The Hall–Kier alpha value is -4.23. The third-order valence-corrected chi connectivity index (χ3v) is 9.57. The summed E-state index contributed by atoms with van der Waals surface area (Å²) in [6.45, 7) is 0.455. The number of urea groups is 1. The van der Waals surface area contributed by atoms with Crippen molar-refractivity contribution in [1.29, 1.82) is 0 Å². The van der Waals surface area contributed by atoms with Crippen LogP contribution in [0.4, 0.5) is 37.4 Å². The molecule has 1 spiro atoms. The van der Waals surface area contributed by atoms with E-state index in [4.69, 9.17) is 4.74 Å². The molecule has 9 nitrogen and oxygen atoms in total. The molecule has 0 radical (unpaired) electrons. The van der Waals surface area contributed by atoms with Gasteiger partial charge in [0.05, 0.1) is 11.7 Å². The van der Waals surface area contributed by atoms with Gasteiger partial charge in [-0.3, -0.25) is 5.32 Å². The standard InChI is InChI=1S/C30H29F5N6O3/c31-20-5-1-3-18(23(20)32)17-6-7-21(25-37-15-22(41(25)16-17)28(8-9-28)30(33,34)35)38-26(42)40-13-10-29(11-14-40)19-4-2-12-36-24(19)39-27(43)44-29/h1-5,12,15,17,21H,6-11,13-14,16H2,(H,38,42)(H,36,39,43)/t17-,21-/m1/s1. The van der Waals surface area contributed by atoms with Crippen LogP contribution in [0.1, 0.15) is 73.1 Å². The van der Waals surface area contributed by atoms with Crippen molar-refractivity contribution in [3.05, 3.63) is 77.0 Å². The van der Waals surface area contributed by atoms with Crippen LogP contribution in [0.5, 0.6) is 0 Å². The van der Waals surface area contributed by atoms with Gasteiger partial charge in [-0.25, -0.2) is 28.3 Å². The molecule has 3 amide bonds. The number of anilines is 1. The summed E-state index contributed by atoms with van der Waals surface area (Å²) in [5, 5.41) is 5.54. The van der Waals surface area contributed by atoms with E-state index < -0.39 is 52.9 Å². The van der Waals surface area contributed by atoms with Crippen molar-refractivity contribution in [3.8, 4) is 0 Å². The molecule has 1 saturated carbocycles. The Labute approximate surface area is 248 Å². The van der Waals surface area contributed by atoms with E-state index in [1.165, 1.54) is 22.9 Å². The second-order valence-electron chi connectivity index (χ2n) is 12.0. The molecule has 2 fully saturated rings. The van der Waals surface area contributed by atoms with Gasteiger partial charge in [0.25, 0.3) is 0 Å². The second-order valence-corrected chi connectivity index (χ2v) is 12.0. The van der Waals surface area contributed by atoms with Gasteiger partial charge in [0.15, 0.2) is 11.6 Å². The molecule has 1 aromatic carbocycles. The fourth-order valence-electron chi connectivity index (χ4n) is 7.00. The number of nitrogens with one attached hydrogen (secondary N) is 2. The molecule has 44 heavy (non-hydrogen) atoms. The Morgan fingerprint density at radius 1 is 1.05 bits per heavy atom. The van der Waals surface area contributed by atoms with Crippen molar-refractivity contribution in [2.24, 2.45) is 0 Å². The zero-order valence-electron chi connectivity index (χ0n) is 23.5. The van der Waals surface area contributed by atoms with Crippen LogP contribution >= 0.6 is 0 Å². The molecule has 1 aliphatic carbocycles. The lowest BCUT2D eigenvalue weighted by atomic mass is 9.83. The number of likely N-dealkylation sites (tertiary alicyclic amines) is 1. The van der Waals surface area contributed by atoms with E-state index in [1.807, 2.05) is 6.07 Å². The lowest BCUT2D eigenvalue weighted by Gasteiger charge is -2.43. The minimum atomic E-state index is -4.51. The number of alkyl halides is 3. The number of nitrogens with zero attached hydrogens (tertiary/aromatic N) is 4. The predicted molar refractivity (Wildman–Crippen MR) is 146 cm³/mol. The SMILES string of the molecule is O=C1Nc2ncccc2C2(CCN(C(=O)N[C@@H]3CC[C@@H](c4cccc(F)c4F)Cn4c(C5(C(F)(F)F)CC5)cnc43)CC2)O1. The fourth-order valence-corrected chi connectivity index (χ4v) is 7.00. The molecule has 2 aromatic heterocycles. The van der Waals surface area contributed by atoms with E-state index in [0.717, 1.165) is 11.6 Å². The van der Waals surface area contributed by atoms with Gasteiger partial charge < -0.3 is 19.5 Å². The van der Waals surface area contributed by atoms with Gasteiger partial charge in [-0.15, -0.1) is 0 Å². The number of benzene rings is 1. The molecular weight excluding hydrogens is 587 g/mol. The highest BCUT2D eigenvalue weighted by Gasteiger charge is 2.66. The zero-order chi connectivity index (χ0) is 30.9. The number of pyridine rings is 1. The van der Waals surface area contributed by atoms with Gasteiger partial charge in [-0.2, -0.15) is 13.2 Å². The fraction of sp³-hybridized carbons (Fsp3) is 0.467. The maximum Gasteiger partial charge on any atom is 0.413 e. The number of piperidine rings is 1. The van der Waals surface area contributed by atoms with Gasteiger partial charge in [0, 0.05) is 56.4 Å². The predicted octanol–water partition coefficient (Wildman–Crippen LogP) is 6.03. The summed E-state index contributed by atoms with van der Waals surface area (Å²) in [7, 11) is 0. The molecule has 2 atom stereocenters. The van der Waals surface area contributed by atoms with Crippen LogP contribution in [0.15, 0.2) is 42.7 Å². The first kappa shape index (κ1) is 28.5. The second kappa shape index (κ2) is 10.2. The molecule has 5 heterocycles. The van der Waals surface area contributed by atoms with Gasteiger partial charge in [0.1, 0.15) is 22.7 Å². The Morgan fingerprint density at radius 3 is 2.55 bits per heavy atom. The lowest BCUT2D eigenvalue weighted by Crippen LogP contribution is -2.52. The Morgan fingerprint density at radius 2 is 1.82 bits per heavy atom. The Bertz CT molecular complexity index is 1630. The summed E-state index contributed by atoms with van der Waals surface area (Å²) in [6.07, 6.45) is -1.35. The number of carbonyl (C=O) groups is 2. The maximum atomic E-state index is 14.9. The lowest BCUT2D eigenvalue weighted by molar-refractivity contribution is -0.162. The number of halogens is 5. The average molecular weight is 617 g/mol. The normalized spacial score (nSPS) is 23.6. The van der Waals surface area contributed by atoms with Crippen molar-refractivity contribution >= 4 is 17.9 Å². The largest absolute Gasteiger partial charge is 0.437 e. The minimum absolute atomic E-state index is 0.0251. The zero-order valence-corrected chi connectivity index (χ0v) is 23.5. The van der Waals surface area contributed by atoms with Crippen LogP contribution in [0, 0.1) is 11.6 Å². The van der Waals surface area contributed by atoms with Crippen LogP contribution in [0.2, 0.25) is 0 Å². The van der Waals surface area contributed by atoms with Gasteiger partial charge in [-0.1, -0.05) is 12.1 Å². The highest BCUT2D eigenvalue weighted by atomic mass is 19.4. The molecule has 7 rings (SSSR count).